The monoisotopic (exact) mass is 298 g/mol. The van der Waals surface area contributed by atoms with Crippen LogP contribution < -0.4 is 5.32 Å². The first-order valence-corrected chi connectivity index (χ1v) is 8.94. The Labute approximate surface area is 126 Å². The number of rotatable bonds is 5. The zero-order valence-electron chi connectivity index (χ0n) is 12.4. The van der Waals surface area contributed by atoms with E-state index in [0.29, 0.717) is 17.7 Å². The molecule has 0 bridgehead atoms. The third kappa shape index (κ3) is 4.40. The highest BCUT2D eigenvalue weighted by atomic mass is 32.2. The molecule has 114 valence electrons. The number of carbonyl (C=O) groups is 2. The predicted molar refractivity (Wildman–Crippen MR) is 82.7 cm³/mol. The van der Waals surface area contributed by atoms with Crippen molar-refractivity contribution in [3.05, 3.63) is 0 Å². The molecule has 1 aliphatic carbocycles. The molecule has 0 aromatic heterocycles. The highest BCUT2D eigenvalue weighted by Gasteiger charge is 2.27. The van der Waals surface area contributed by atoms with Crippen molar-refractivity contribution in [1.82, 2.24) is 10.2 Å². The van der Waals surface area contributed by atoms with Crippen LogP contribution in [0.4, 0.5) is 0 Å². The summed E-state index contributed by atoms with van der Waals surface area (Å²) in [7, 11) is 0. The molecule has 1 N–H and O–H groups in total. The Hall–Kier alpha value is -0.710. The van der Waals surface area contributed by atoms with E-state index in [-0.39, 0.29) is 18.4 Å². The summed E-state index contributed by atoms with van der Waals surface area (Å²) >= 11 is 1.95. The molecule has 0 spiro atoms. The number of nitrogens with zero attached hydrogens (tertiary/aromatic N) is 1. The maximum atomic E-state index is 12.2. The fourth-order valence-corrected chi connectivity index (χ4v) is 4.33. The maximum absolute atomic E-state index is 12.2. The Bertz CT molecular complexity index is 347. The van der Waals surface area contributed by atoms with Crippen LogP contribution in [0.2, 0.25) is 0 Å². The second-order valence-electron chi connectivity index (χ2n) is 5.72. The van der Waals surface area contributed by atoms with Crippen LogP contribution in [0.15, 0.2) is 0 Å². The van der Waals surface area contributed by atoms with Crippen LogP contribution >= 0.6 is 11.8 Å². The SMILES string of the molecule is CCS[C@H]1CCCC[C@@H]1NC(=O)CN1CCCCC1=O. The molecule has 0 radical (unpaired) electrons. The second kappa shape index (κ2) is 7.91. The Morgan fingerprint density at radius 1 is 1.30 bits per heavy atom. The summed E-state index contributed by atoms with van der Waals surface area (Å²) in [4.78, 5) is 25.6. The summed E-state index contributed by atoms with van der Waals surface area (Å²) in [5, 5.41) is 3.72. The largest absolute Gasteiger partial charge is 0.351 e. The predicted octanol–water partition coefficient (Wildman–Crippen LogP) is 2.18. The molecule has 2 aliphatic rings. The molecular formula is C15H26N2O2S. The molecule has 20 heavy (non-hydrogen) atoms. The Kier molecular flexibility index (Phi) is 6.20. The van der Waals surface area contributed by atoms with Crippen LogP contribution in [0.25, 0.3) is 0 Å². The summed E-state index contributed by atoms with van der Waals surface area (Å²) in [5.41, 5.74) is 0. The Morgan fingerprint density at radius 3 is 2.85 bits per heavy atom. The van der Waals surface area contributed by atoms with E-state index in [1.54, 1.807) is 4.90 Å². The van der Waals surface area contributed by atoms with Crippen molar-refractivity contribution >= 4 is 23.6 Å². The van der Waals surface area contributed by atoms with Crippen molar-refractivity contribution in [2.75, 3.05) is 18.8 Å². The lowest BCUT2D eigenvalue weighted by molar-refractivity contribution is -0.138. The highest BCUT2D eigenvalue weighted by Crippen LogP contribution is 2.28. The van der Waals surface area contributed by atoms with Crippen LogP contribution in [0.3, 0.4) is 0 Å². The lowest BCUT2D eigenvalue weighted by Crippen LogP contribution is -2.49. The Balaban J connectivity index is 1.81. The molecule has 2 amide bonds. The van der Waals surface area contributed by atoms with E-state index in [0.717, 1.165) is 31.6 Å². The van der Waals surface area contributed by atoms with Crippen LogP contribution in [-0.2, 0) is 9.59 Å². The quantitative estimate of drug-likeness (QED) is 0.846. The molecule has 1 heterocycles. The standard InChI is InChI=1S/C15H26N2O2S/c1-2-20-13-8-4-3-7-12(13)16-14(18)11-17-10-6-5-9-15(17)19/h12-13H,2-11H2,1H3,(H,16,18)/t12-,13-/m0/s1. The summed E-state index contributed by atoms with van der Waals surface area (Å²) in [5.74, 6) is 1.25. The van der Waals surface area contributed by atoms with Crippen molar-refractivity contribution in [2.24, 2.45) is 0 Å². The molecule has 1 saturated carbocycles. The number of hydrogen-bond acceptors (Lipinski definition) is 3. The summed E-state index contributed by atoms with van der Waals surface area (Å²) in [6, 6.07) is 0.293. The van der Waals surface area contributed by atoms with Gasteiger partial charge in [-0.25, -0.2) is 0 Å². The first-order valence-electron chi connectivity index (χ1n) is 7.89. The topological polar surface area (TPSA) is 49.4 Å². The van der Waals surface area contributed by atoms with Crippen LogP contribution in [0.1, 0.15) is 51.9 Å². The number of thioether (sulfide) groups is 1. The van der Waals surface area contributed by atoms with E-state index >= 15 is 0 Å². The average Bonchev–Trinajstić information content (AvgIpc) is 2.44. The fraction of sp³-hybridized carbons (Fsp3) is 0.867. The molecule has 5 heteroatoms. The van der Waals surface area contributed by atoms with Crippen molar-refractivity contribution in [1.29, 1.82) is 0 Å². The number of nitrogens with one attached hydrogen (secondary N) is 1. The number of piperidine rings is 1. The molecule has 0 aromatic carbocycles. The van der Waals surface area contributed by atoms with E-state index < -0.39 is 0 Å². The van der Waals surface area contributed by atoms with Crippen LogP contribution in [0.5, 0.6) is 0 Å². The number of likely N-dealkylation sites (tertiary alicyclic amines) is 1. The van der Waals surface area contributed by atoms with Crippen LogP contribution in [0, 0.1) is 0 Å². The first kappa shape index (κ1) is 15.7. The van der Waals surface area contributed by atoms with Gasteiger partial charge in [0.1, 0.15) is 0 Å². The molecule has 1 aliphatic heterocycles. The molecular weight excluding hydrogens is 272 g/mol. The summed E-state index contributed by atoms with van der Waals surface area (Å²) in [6.45, 7) is 3.16. The zero-order chi connectivity index (χ0) is 14.4. The average molecular weight is 298 g/mol. The lowest BCUT2D eigenvalue weighted by Gasteiger charge is -2.33. The van der Waals surface area contributed by atoms with Gasteiger partial charge in [0, 0.05) is 24.3 Å². The zero-order valence-corrected chi connectivity index (χ0v) is 13.2. The number of carbonyl (C=O) groups excluding carboxylic acids is 2. The van der Waals surface area contributed by atoms with Gasteiger partial charge in [0.15, 0.2) is 0 Å². The van der Waals surface area contributed by atoms with E-state index in [4.69, 9.17) is 0 Å². The minimum Gasteiger partial charge on any atom is -0.351 e. The van der Waals surface area contributed by atoms with Crippen molar-refractivity contribution < 1.29 is 9.59 Å². The molecule has 2 fully saturated rings. The number of hydrogen-bond donors (Lipinski definition) is 1. The maximum Gasteiger partial charge on any atom is 0.239 e. The van der Waals surface area contributed by atoms with Crippen molar-refractivity contribution in [3.63, 3.8) is 0 Å². The molecule has 2 rings (SSSR count). The van der Waals surface area contributed by atoms with E-state index in [2.05, 4.69) is 12.2 Å². The molecule has 0 unspecified atom stereocenters. The van der Waals surface area contributed by atoms with Gasteiger partial charge in [-0.05, 0) is 31.4 Å². The summed E-state index contributed by atoms with van der Waals surface area (Å²) in [6.07, 6.45) is 7.35. The second-order valence-corrected chi connectivity index (χ2v) is 7.24. The van der Waals surface area contributed by atoms with Crippen LogP contribution in [-0.4, -0.2) is 46.8 Å². The van der Waals surface area contributed by atoms with Crippen molar-refractivity contribution in [2.45, 2.75) is 63.2 Å². The lowest BCUT2D eigenvalue weighted by atomic mass is 9.95. The first-order chi connectivity index (χ1) is 9.70. The third-order valence-electron chi connectivity index (χ3n) is 4.19. The van der Waals surface area contributed by atoms with E-state index in [9.17, 15) is 9.59 Å². The normalized spacial score (nSPS) is 27.4. The molecule has 1 saturated heterocycles. The van der Waals surface area contributed by atoms with Gasteiger partial charge >= 0.3 is 0 Å². The highest BCUT2D eigenvalue weighted by molar-refractivity contribution is 7.99. The Morgan fingerprint density at radius 2 is 2.10 bits per heavy atom. The smallest absolute Gasteiger partial charge is 0.239 e. The minimum atomic E-state index is 0.0221. The minimum absolute atomic E-state index is 0.0221. The van der Waals surface area contributed by atoms with E-state index in [1.807, 2.05) is 11.8 Å². The molecule has 4 nitrogen and oxygen atoms in total. The molecule has 0 aromatic rings. The van der Waals surface area contributed by atoms with Gasteiger partial charge in [-0.1, -0.05) is 19.8 Å². The van der Waals surface area contributed by atoms with Gasteiger partial charge in [0.05, 0.1) is 6.54 Å². The third-order valence-corrected chi connectivity index (χ3v) is 5.51. The number of amides is 2. The fourth-order valence-electron chi connectivity index (χ4n) is 3.13. The van der Waals surface area contributed by atoms with Gasteiger partial charge in [-0.2, -0.15) is 11.8 Å². The van der Waals surface area contributed by atoms with Gasteiger partial charge < -0.3 is 10.2 Å². The molecule has 2 atom stereocenters. The van der Waals surface area contributed by atoms with Crippen molar-refractivity contribution in [3.8, 4) is 0 Å². The van der Waals surface area contributed by atoms with E-state index in [1.165, 1.54) is 19.3 Å². The van der Waals surface area contributed by atoms with Gasteiger partial charge in [0.2, 0.25) is 11.8 Å². The summed E-state index contributed by atoms with van der Waals surface area (Å²) < 4.78 is 0. The van der Waals surface area contributed by atoms with Gasteiger partial charge in [-0.15, -0.1) is 0 Å². The van der Waals surface area contributed by atoms with Gasteiger partial charge in [-0.3, -0.25) is 9.59 Å². The van der Waals surface area contributed by atoms with Gasteiger partial charge in [0.25, 0.3) is 0 Å².